The van der Waals surface area contributed by atoms with Crippen molar-refractivity contribution in [2.45, 2.75) is 0 Å². The Morgan fingerprint density at radius 2 is 1.77 bits per heavy atom. The molecule has 0 fully saturated rings. The van der Waals surface area contributed by atoms with Gasteiger partial charge in [0.1, 0.15) is 17.2 Å². The summed E-state index contributed by atoms with van der Waals surface area (Å²) < 4.78 is 15.2. The van der Waals surface area contributed by atoms with Gasteiger partial charge in [0.2, 0.25) is 0 Å². The van der Waals surface area contributed by atoms with E-state index in [0.717, 1.165) is 0 Å². The van der Waals surface area contributed by atoms with Crippen molar-refractivity contribution >= 4 is 29.5 Å². The molecule has 0 radical (unpaired) electrons. The maximum absolute atomic E-state index is 12.9. The largest absolute Gasteiger partial charge is 0.496 e. The average Bonchev–Trinajstić information content (AvgIpc) is 3.31. The van der Waals surface area contributed by atoms with Gasteiger partial charge in [-0.1, -0.05) is 18.2 Å². The summed E-state index contributed by atoms with van der Waals surface area (Å²) in [5.41, 5.74) is 0.824. The first-order valence-electron chi connectivity index (χ1n) is 9.21. The van der Waals surface area contributed by atoms with Gasteiger partial charge in [0.25, 0.3) is 11.8 Å². The van der Waals surface area contributed by atoms with Gasteiger partial charge in [0.05, 0.1) is 31.6 Å². The predicted octanol–water partition coefficient (Wildman–Crippen LogP) is 3.48. The number of nitrogens with one attached hydrogen (secondary N) is 2. The molecule has 3 aromatic rings. The van der Waals surface area contributed by atoms with Gasteiger partial charge in [-0.3, -0.25) is 9.59 Å². The first kappa shape index (κ1) is 21.4. The van der Waals surface area contributed by atoms with E-state index in [1.807, 2.05) is 0 Å². The monoisotopic (exact) mass is 420 g/mol. The molecule has 2 N–H and O–H groups in total. The van der Waals surface area contributed by atoms with Crippen molar-refractivity contribution in [1.29, 1.82) is 0 Å². The lowest BCUT2D eigenvalue weighted by Crippen LogP contribution is -2.31. The minimum Gasteiger partial charge on any atom is -0.496 e. The van der Waals surface area contributed by atoms with E-state index in [2.05, 4.69) is 10.6 Å². The van der Waals surface area contributed by atoms with Crippen molar-refractivity contribution in [3.8, 4) is 5.75 Å². The van der Waals surface area contributed by atoms with Crippen LogP contribution in [0.5, 0.6) is 5.75 Å². The molecule has 31 heavy (non-hydrogen) atoms. The van der Waals surface area contributed by atoms with Crippen LogP contribution < -0.4 is 15.4 Å². The number of methoxy groups -OCH3 is 2. The van der Waals surface area contributed by atoms with Crippen molar-refractivity contribution < 1.29 is 28.3 Å². The molecule has 0 unspecified atom stereocenters. The summed E-state index contributed by atoms with van der Waals surface area (Å²) in [6, 6.07) is 16.2. The quantitative estimate of drug-likeness (QED) is 0.448. The molecular formula is C23H20N2O6. The second-order valence-electron chi connectivity index (χ2n) is 6.25. The number of furan rings is 1. The lowest BCUT2D eigenvalue weighted by atomic mass is 10.1. The summed E-state index contributed by atoms with van der Waals surface area (Å²) in [6.45, 7) is 0. The van der Waals surface area contributed by atoms with E-state index in [1.54, 1.807) is 54.6 Å². The van der Waals surface area contributed by atoms with Crippen molar-refractivity contribution in [3.63, 3.8) is 0 Å². The third-order valence-electron chi connectivity index (χ3n) is 4.22. The Bertz CT molecular complexity index is 1120. The summed E-state index contributed by atoms with van der Waals surface area (Å²) in [5, 5.41) is 5.25. The number of carbonyl (C=O) groups is 3. The Morgan fingerprint density at radius 1 is 0.968 bits per heavy atom. The van der Waals surface area contributed by atoms with Gasteiger partial charge in [-0.15, -0.1) is 0 Å². The van der Waals surface area contributed by atoms with Gasteiger partial charge in [-0.25, -0.2) is 4.79 Å². The summed E-state index contributed by atoms with van der Waals surface area (Å²) >= 11 is 0. The fourth-order valence-electron chi connectivity index (χ4n) is 2.74. The Balaban J connectivity index is 1.87. The fraction of sp³-hybridized carbons (Fsp3) is 0.0870. The van der Waals surface area contributed by atoms with Crippen LogP contribution in [0, 0.1) is 0 Å². The van der Waals surface area contributed by atoms with Gasteiger partial charge in [0.15, 0.2) is 0 Å². The van der Waals surface area contributed by atoms with Crippen LogP contribution in [-0.2, 0) is 9.53 Å². The fourth-order valence-corrected chi connectivity index (χ4v) is 2.74. The molecule has 0 saturated carbocycles. The molecule has 0 aliphatic heterocycles. The summed E-state index contributed by atoms with van der Waals surface area (Å²) in [7, 11) is 2.72. The number of esters is 1. The number of hydrogen-bond donors (Lipinski definition) is 2. The molecule has 8 nitrogen and oxygen atoms in total. The SMILES string of the molecule is COC(=O)c1cccc(NC(=O)/C(=C\c2ccco2)NC(=O)c2ccccc2OC)c1. The second kappa shape index (κ2) is 9.93. The number of anilines is 1. The van der Waals surface area contributed by atoms with Crippen LogP contribution in [0.2, 0.25) is 0 Å². The maximum atomic E-state index is 12.9. The lowest BCUT2D eigenvalue weighted by molar-refractivity contribution is -0.113. The number of ether oxygens (including phenoxy) is 2. The van der Waals surface area contributed by atoms with Crippen LogP contribution in [0.1, 0.15) is 26.5 Å². The number of hydrogen-bond acceptors (Lipinski definition) is 6. The maximum Gasteiger partial charge on any atom is 0.337 e. The molecule has 0 atom stereocenters. The van der Waals surface area contributed by atoms with Gasteiger partial charge in [0, 0.05) is 11.8 Å². The minimum atomic E-state index is -0.610. The standard InChI is InChI=1S/C23H20N2O6/c1-29-20-11-4-3-10-18(20)21(26)25-19(14-17-9-6-12-31-17)22(27)24-16-8-5-7-15(13-16)23(28)30-2/h3-14H,1-2H3,(H,24,27)(H,25,26)/b19-14+. The first-order valence-corrected chi connectivity index (χ1v) is 9.21. The highest BCUT2D eigenvalue weighted by Gasteiger charge is 2.18. The van der Waals surface area contributed by atoms with Crippen LogP contribution in [-0.4, -0.2) is 32.0 Å². The highest BCUT2D eigenvalue weighted by Crippen LogP contribution is 2.18. The summed E-state index contributed by atoms with van der Waals surface area (Å²) in [4.78, 5) is 37.5. The van der Waals surface area contributed by atoms with Gasteiger partial charge in [-0.05, 0) is 42.5 Å². The molecule has 2 amide bonds. The Morgan fingerprint density at radius 3 is 2.48 bits per heavy atom. The van der Waals surface area contributed by atoms with Crippen LogP contribution >= 0.6 is 0 Å². The average molecular weight is 420 g/mol. The molecule has 2 aromatic carbocycles. The van der Waals surface area contributed by atoms with Crippen molar-refractivity contribution in [3.05, 3.63) is 89.5 Å². The van der Waals surface area contributed by atoms with E-state index in [-0.39, 0.29) is 16.8 Å². The molecule has 0 saturated heterocycles. The van der Waals surface area contributed by atoms with Crippen LogP contribution in [0.15, 0.2) is 77.0 Å². The molecule has 0 aliphatic rings. The second-order valence-corrected chi connectivity index (χ2v) is 6.25. The Hall–Kier alpha value is -4.33. The number of para-hydroxylation sites is 1. The van der Waals surface area contributed by atoms with Gasteiger partial charge < -0.3 is 24.5 Å². The highest BCUT2D eigenvalue weighted by molar-refractivity contribution is 6.11. The molecule has 158 valence electrons. The van der Waals surface area contributed by atoms with Crippen LogP contribution in [0.25, 0.3) is 6.08 Å². The molecule has 0 aliphatic carbocycles. The molecule has 8 heteroatoms. The summed E-state index contributed by atoms with van der Waals surface area (Å²) in [5.74, 6) is -0.945. The van der Waals surface area contributed by atoms with E-state index in [0.29, 0.717) is 17.2 Å². The number of carbonyl (C=O) groups excluding carboxylic acids is 3. The van der Waals surface area contributed by atoms with Crippen LogP contribution in [0.3, 0.4) is 0 Å². The molecule has 0 bridgehead atoms. The first-order chi connectivity index (χ1) is 15.0. The van der Waals surface area contributed by atoms with Gasteiger partial charge >= 0.3 is 5.97 Å². The molecule has 1 heterocycles. The van der Waals surface area contributed by atoms with Gasteiger partial charge in [-0.2, -0.15) is 0 Å². The smallest absolute Gasteiger partial charge is 0.337 e. The topological polar surface area (TPSA) is 107 Å². The zero-order chi connectivity index (χ0) is 22.2. The molecule has 1 aromatic heterocycles. The number of amides is 2. The predicted molar refractivity (Wildman–Crippen MR) is 114 cm³/mol. The van der Waals surface area contributed by atoms with E-state index in [1.165, 1.54) is 32.6 Å². The minimum absolute atomic E-state index is 0.0608. The molecule has 3 rings (SSSR count). The zero-order valence-electron chi connectivity index (χ0n) is 16.9. The van der Waals surface area contributed by atoms with E-state index in [9.17, 15) is 14.4 Å². The van der Waals surface area contributed by atoms with Crippen molar-refractivity contribution in [1.82, 2.24) is 5.32 Å². The van der Waals surface area contributed by atoms with E-state index < -0.39 is 17.8 Å². The zero-order valence-corrected chi connectivity index (χ0v) is 16.9. The Labute approximate surface area is 178 Å². The number of benzene rings is 2. The van der Waals surface area contributed by atoms with Crippen LogP contribution in [0.4, 0.5) is 5.69 Å². The van der Waals surface area contributed by atoms with E-state index in [4.69, 9.17) is 13.9 Å². The molecular weight excluding hydrogens is 400 g/mol. The van der Waals surface area contributed by atoms with Crippen molar-refractivity contribution in [2.24, 2.45) is 0 Å². The highest BCUT2D eigenvalue weighted by atomic mass is 16.5. The lowest BCUT2D eigenvalue weighted by Gasteiger charge is -2.13. The van der Waals surface area contributed by atoms with E-state index >= 15 is 0 Å². The molecule has 0 spiro atoms. The third kappa shape index (κ3) is 5.39. The third-order valence-corrected chi connectivity index (χ3v) is 4.22. The van der Waals surface area contributed by atoms with Crippen molar-refractivity contribution in [2.75, 3.05) is 19.5 Å². The number of rotatable bonds is 7. The normalized spacial score (nSPS) is 10.8. The Kier molecular flexibility index (Phi) is 6.85. The summed E-state index contributed by atoms with van der Waals surface area (Å²) in [6.07, 6.45) is 2.84.